The summed E-state index contributed by atoms with van der Waals surface area (Å²) in [7, 11) is 0. The summed E-state index contributed by atoms with van der Waals surface area (Å²) in [4.78, 5) is 0. The van der Waals surface area contributed by atoms with E-state index in [4.69, 9.17) is 4.42 Å². The Hall–Kier alpha value is -5.14. The van der Waals surface area contributed by atoms with Crippen molar-refractivity contribution in [3.05, 3.63) is 139 Å². The van der Waals surface area contributed by atoms with Crippen molar-refractivity contribution < 1.29 is 4.42 Å². The second-order valence-electron chi connectivity index (χ2n) is 11.2. The summed E-state index contributed by atoms with van der Waals surface area (Å²) in [5, 5.41) is 9.98. The second kappa shape index (κ2) is 8.68. The molecule has 0 saturated heterocycles. The Morgan fingerprint density at radius 1 is 0.463 bits per heavy atom. The highest BCUT2D eigenvalue weighted by Crippen LogP contribution is 2.42. The summed E-state index contributed by atoms with van der Waals surface area (Å²) in [5.41, 5.74) is 9.68. The lowest BCUT2D eigenvalue weighted by Gasteiger charge is -2.18. The van der Waals surface area contributed by atoms with Gasteiger partial charge in [0.1, 0.15) is 11.2 Å². The van der Waals surface area contributed by atoms with Gasteiger partial charge in [0, 0.05) is 10.8 Å². The summed E-state index contributed by atoms with van der Waals surface area (Å²) in [5.74, 6) is 0. The minimum absolute atomic E-state index is 0.922. The molecule has 9 rings (SSSR count). The zero-order valence-electron chi connectivity index (χ0n) is 22.5. The van der Waals surface area contributed by atoms with Crippen molar-refractivity contribution >= 4 is 60.3 Å². The minimum atomic E-state index is 0.922. The van der Waals surface area contributed by atoms with Gasteiger partial charge in [-0.3, -0.25) is 0 Å². The summed E-state index contributed by atoms with van der Waals surface area (Å²) in [6, 6.07) is 44.3. The summed E-state index contributed by atoms with van der Waals surface area (Å²) < 4.78 is 6.40. The fourth-order valence-electron chi connectivity index (χ4n) is 6.98. The third-order valence-corrected chi connectivity index (χ3v) is 8.86. The molecular formula is C40H26O. The molecule has 0 spiro atoms. The topological polar surface area (TPSA) is 13.1 Å². The number of hydrogen-bond donors (Lipinski definition) is 0. The molecule has 0 bridgehead atoms. The Bertz CT molecular complexity index is 2310. The van der Waals surface area contributed by atoms with Gasteiger partial charge < -0.3 is 4.42 Å². The van der Waals surface area contributed by atoms with Gasteiger partial charge in [-0.15, -0.1) is 0 Å². The zero-order chi connectivity index (χ0) is 26.9. The molecule has 1 nitrogen and oxygen atoms in total. The molecule has 0 amide bonds. The molecule has 0 N–H and O–H groups in total. The molecule has 41 heavy (non-hydrogen) atoms. The van der Waals surface area contributed by atoms with Gasteiger partial charge >= 0.3 is 0 Å². The zero-order valence-corrected chi connectivity index (χ0v) is 22.5. The normalized spacial score (nSPS) is 13.1. The monoisotopic (exact) mass is 522 g/mol. The fraction of sp³-hybridized carbons (Fsp3) is 0.0500. The highest BCUT2D eigenvalue weighted by molar-refractivity contribution is 6.15. The van der Waals surface area contributed by atoms with Gasteiger partial charge in [0.25, 0.3) is 0 Å². The van der Waals surface area contributed by atoms with E-state index in [1.807, 2.05) is 0 Å². The maximum absolute atomic E-state index is 6.40. The van der Waals surface area contributed by atoms with Gasteiger partial charge in [-0.05, 0) is 109 Å². The van der Waals surface area contributed by atoms with Gasteiger partial charge in [0.2, 0.25) is 0 Å². The molecule has 1 aliphatic rings. The lowest BCUT2D eigenvalue weighted by atomic mass is 9.85. The van der Waals surface area contributed by atoms with Crippen LogP contribution in [0.4, 0.5) is 0 Å². The molecule has 1 heterocycles. The molecule has 192 valence electrons. The molecular weight excluding hydrogens is 496 g/mol. The molecule has 1 aliphatic carbocycles. The molecule has 0 fully saturated rings. The Morgan fingerprint density at radius 2 is 1.00 bits per heavy atom. The molecule has 0 radical (unpaired) electrons. The first-order chi connectivity index (χ1) is 20.3. The average molecular weight is 523 g/mol. The molecule has 0 aliphatic heterocycles. The predicted octanol–water partition coefficient (Wildman–Crippen LogP) is 11.3. The Morgan fingerprint density at radius 3 is 1.63 bits per heavy atom. The van der Waals surface area contributed by atoms with Crippen molar-refractivity contribution in [2.24, 2.45) is 0 Å². The van der Waals surface area contributed by atoms with Crippen molar-refractivity contribution in [2.75, 3.05) is 0 Å². The fourth-order valence-corrected chi connectivity index (χ4v) is 6.98. The summed E-state index contributed by atoms with van der Waals surface area (Å²) >= 11 is 0. The quantitative estimate of drug-likeness (QED) is 0.206. The second-order valence-corrected chi connectivity index (χ2v) is 11.2. The van der Waals surface area contributed by atoms with Crippen molar-refractivity contribution in [3.8, 4) is 22.3 Å². The van der Waals surface area contributed by atoms with E-state index in [-0.39, 0.29) is 0 Å². The van der Waals surface area contributed by atoms with E-state index >= 15 is 0 Å². The Balaban J connectivity index is 1.32. The predicted molar refractivity (Wildman–Crippen MR) is 174 cm³/mol. The van der Waals surface area contributed by atoms with Gasteiger partial charge in [0.05, 0.1) is 0 Å². The molecule has 1 heteroatoms. The number of fused-ring (bicyclic) bond motifs is 7. The lowest BCUT2D eigenvalue weighted by Crippen LogP contribution is -1.98. The van der Waals surface area contributed by atoms with Crippen LogP contribution in [0.5, 0.6) is 0 Å². The van der Waals surface area contributed by atoms with Gasteiger partial charge in [0.15, 0.2) is 0 Å². The Kier molecular flexibility index (Phi) is 4.80. The van der Waals surface area contributed by atoms with Crippen LogP contribution in [0.15, 0.2) is 132 Å². The van der Waals surface area contributed by atoms with Crippen LogP contribution in [0.2, 0.25) is 0 Å². The number of furan rings is 1. The van der Waals surface area contributed by atoms with E-state index < -0.39 is 0 Å². The van der Waals surface area contributed by atoms with E-state index in [2.05, 4.69) is 133 Å². The van der Waals surface area contributed by atoms with Gasteiger partial charge in [-0.1, -0.05) is 103 Å². The van der Waals surface area contributed by atoms with Crippen LogP contribution in [0.3, 0.4) is 0 Å². The largest absolute Gasteiger partial charge is 0.456 e. The van der Waals surface area contributed by atoms with Crippen LogP contribution in [0.1, 0.15) is 17.5 Å². The highest BCUT2D eigenvalue weighted by Gasteiger charge is 2.18. The molecule has 0 unspecified atom stereocenters. The smallest absolute Gasteiger partial charge is 0.135 e. The third kappa shape index (κ3) is 3.42. The van der Waals surface area contributed by atoms with Crippen LogP contribution < -0.4 is 0 Å². The Labute approximate surface area is 238 Å². The summed E-state index contributed by atoms with van der Waals surface area (Å²) in [6.45, 7) is 0. The van der Waals surface area contributed by atoms with Gasteiger partial charge in [-0.2, -0.15) is 0 Å². The first kappa shape index (κ1) is 22.7. The van der Waals surface area contributed by atoms with Crippen LogP contribution in [-0.2, 0) is 6.42 Å². The van der Waals surface area contributed by atoms with Crippen molar-refractivity contribution in [2.45, 2.75) is 12.8 Å². The van der Waals surface area contributed by atoms with E-state index in [9.17, 15) is 0 Å². The average Bonchev–Trinajstić information content (AvgIpc) is 3.39. The molecule has 1 aromatic heterocycles. The maximum atomic E-state index is 6.40. The van der Waals surface area contributed by atoms with E-state index in [1.54, 1.807) is 0 Å². The maximum Gasteiger partial charge on any atom is 0.135 e. The van der Waals surface area contributed by atoms with Crippen LogP contribution >= 0.6 is 0 Å². The SMILES string of the molecule is C1=Cc2c(cc3ccccc3c2-c2ccc3oc4ccc(-c5c6ccccc6cc6ccccc56)cc4c3c2)CC1. The number of hydrogen-bond acceptors (Lipinski definition) is 1. The number of aryl methyl sites for hydroxylation is 1. The van der Waals surface area contributed by atoms with E-state index in [0.29, 0.717) is 0 Å². The third-order valence-electron chi connectivity index (χ3n) is 8.86. The lowest BCUT2D eigenvalue weighted by molar-refractivity contribution is 0.669. The van der Waals surface area contributed by atoms with Crippen molar-refractivity contribution in [3.63, 3.8) is 0 Å². The number of benzene rings is 7. The molecule has 0 saturated carbocycles. The van der Waals surface area contributed by atoms with Crippen molar-refractivity contribution in [1.82, 2.24) is 0 Å². The standard InChI is InChI=1S/C40H26O/c1-5-13-31-25(9-1)21-26-10-2-6-14-32(26)39(31)29-17-19-37-35(23-29)36-24-30(18-20-38(36)41-37)40-33-15-7-3-11-27(33)22-28-12-4-8-16-34(28)40/h1-3,5-11,13-24H,4,12H2. The highest BCUT2D eigenvalue weighted by atomic mass is 16.3. The van der Waals surface area contributed by atoms with Crippen LogP contribution in [0.25, 0.3) is 82.6 Å². The number of allylic oxidation sites excluding steroid dienone is 1. The first-order valence-corrected chi connectivity index (χ1v) is 14.4. The van der Waals surface area contributed by atoms with E-state index in [1.165, 1.54) is 65.7 Å². The van der Waals surface area contributed by atoms with E-state index in [0.717, 1.165) is 34.8 Å². The van der Waals surface area contributed by atoms with Gasteiger partial charge in [-0.25, -0.2) is 0 Å². The molecule has 7 aromatic carbocycles. The van der Waals surface area contributed by atoms with Crippen LogP contribution in [-0.4, -0.2) is 0 Å². The van der Waals surface area contributed by atoms with Crippen molar-refractivity contribution in [1.29, 1.82) is 0 Å². The minimum Gasteiger partial charge on any atom is -0.456 e. The number of rotatable bonds is 2. The first-order valence-electron chi connectivity index (χ1n) is 14.4. The van der Waals surface area contributed by atoms with Crippen LogP contribution in [0, 0.1) is 0 Å². The molecule has 0 atom stereocenters. The summed E-state index contributed by atoms with van der Waals surface area (Å²) in [6.07, 6.45) is 6.82. The molecule has 8 aromatic rings.